The average Bonchev–Trinajstić information content (AvgIpc) is 2.44. The minimum Gasteiger partial charge on any atom is -0.495 e. The van der Waals surface area contributed by atoms with Gasteiger partial charge >= 0.3 is 6.18 Å². The minimum absolute atomic E-state index is 0.0501. The molecule has 0 radical (unpaired) electrons. The molecular formula is C14H20F3NO3S. The molecule has 0 spiro atoms. The van der Waals surface area contributed by atoms with Crippen molar-refractivity contribution in [2.45, 2.75) is 19.5 Å². The van der Waals surface area contributed by atoms with Crippen molar-refractivity contribution in [2.24, 2.45) is 0 Å². The van der Waals surface area contributed by atoms with Crippen LogP contribution >= 0.6 is 0 Å². The minimum atomic E-state index is -4.46. The number of anilines is 1. The highest BCUT2D eigenvalue weighted by atomic mass is 32.2. The summed E-state index contributed by atoms with van der Waals surface area (Å²) >= 11 is -1.93. The maximum atomic E-state index is 11.9. The molecule has 0 aromatic heterocycles. The van der Waals surface area contributed by atoms with Gasteiger partial charge in [0.25, 0.3) is 0 Å². The van der Waals surface area contributed by atoms with Crippen molar-refractivity contribution in [3.8, 4) is 5.75 Å². The number of aryl methyl sites for hydroxylation is 1. The van der Waals surface area contributed by atoms with E-state index < -0.39 is 23.9 Å². The van der Waals surface area contributed by atoms with Gasteiger partial charge in [-0.05, 0) is 31.0 Å². The van der Waals surface area contributed by atoms with Crippen LogP contribution in [0.5, 0.6) is 5.75 Å². The molecule has 0 saturated carbocycles. The SMILES string of the molecule is COc1ccc(C)cc1N(C)CCCS(=O)OCC(F)(F)F. The van der Waals surface area contributed by atoms with Crippen LogP contribution in [0.2, 0.25) is 0 Å². The summed E-state index contributed by atoms with van der Waals surface area (Å²) in [5.41, 5.74) is 1.95. The van der Waals surface area contributed by atoms with Gasteiger partial charge in [-0.25, -0.2) is 4.21 Å². The van der Waals surface area contributed by atoms with Crippen molar-refractivity contribution < 1.29 is 26.3 Å². The van der Waals surface area contributed by atoms with Crippen LogP contribution < -0.4 is 9.64 Å². The molecule has 0 amide bonds. The number of halogens is 3. The van der Waals surface area contributed by atoms with E-state index in [0.717, 1.165) is 11.3 Å². The summed E-state index contributed by atoms with van der Waals surface area (Å²) in [5.74, 6) is 0.761. The van der Waals surface area contributed by atoms with Crippen LogP contribution in [-0.4, -0.2) is 43.4 Å². The fraction of sp³-hybridized carbons (Fsp3) is 0.571. The van der Waals surface area contributed by atoms with Crippen molar-refractivity contribution in [2.75, 3.05) is 38.0 Å². The Morgan fingerprint density at radius 1 is 1.32 bits per heavy atom. The lowest BCUT2D eigenvalue weighted by molar-refractivity contribution is -0.151. The summed E-state index contributed by atoms with van der Waals surface area (Å²) in [6, 6.07) is 5.73. The number of benzene rings is 1. The third-order valence-corrected chi connectivity index (χ3v) is 3.91. The molecule has 0 aliphatic rings. The standard InChI is InChI=1S/C14H20F3NO3S/c1-11-5-6-13(20-3)12(9-11)18(2)7-4-8-22(19)21-10-14(15,16)17/h5-6,9H,4,7-8,10H2,1-3H3. The first kappa shape index (κ1) is 18.8. The first-order valence-electron chi connectivity index (χ1n) is 6.67. The van der Waals surface area contributed by atoms with E-state index in [9.17, 15) is 17.4 Å². The number of hydrogen-bond donors (Lipinski definition) is 0. The molecule has 0 bridgehead atoms. The maximum absolute atomic E-state index is 11.9. The van der Waals surface area contributed by atoms with Gasteiger partial charge in [0.1, 0.15) is 5.75 Å². The first-order chi connectivity index (χ1) is 10.2. The Morgan fingerprint density at radius 2 is 2.00 bits per heavy atom. The smallest absolute Gasteiger partial charge is 0.413 e. The molecule has 1 atom stereocenters. The maximum Gasteiger partial charge on any atom is 0.413 e. The zero-order valence-corrected chi connectivity index (χ0v) is 13.6. The van der Waals surface area contributed by atoms with Crippen LogP contribution in [0.3, 0.4) is 0 Å². The summed E-state index contributed by atoms with van der Waals surface area (Å²) in [5, 5.41) is 0. The quantitative estimate of drug-likeness (QED) is 0.730. The van der Waals surface area contributed by atoms with Crippen LogP contribution in [0, 0.1) is 6.92 Å². The van der Waals surface area contributed by atoms with Gasteiger partial charge in [0.2, 0.25) is 0 Å². The van der Waals surface area contributed by atoms with Crippen LogP contribution in [0.25, 0.3) is 0 Å². The molecule has 8 heteroatoms. The van der Waals surface area contributed by atoms with E-state index in [1.165, 1.54) is 0 Å². The number of nitrogens with zero attached hydrogens (tertiary/aromatic N) is 1. The average molecular weight is 339 g/mol. The molecule has 1 aromatic rings. The molecule has 0 fully saturated rings. The number of methoxy groups -OCH3 is 1. The predicted octanol–water partition coefficient (Wildman–Crippen LogP) is 3.07. The van der Waals surface area contributed by atoms with Crippen molar-refractivity contribution in [3.63, 3.8) is 0 Å². The Bertz CT molecular complexity index is 509. The zero-order chi connectivity index (χ0) is 16.8. The summed E-state index contributed by atoms with van der Waals surface area (Å²) in [4.78, 5) is 1.91. The van der Waals surface area contributed by atoms with Gasteiger partial charge in [-0.3, -0.25) is 4.18 Å². The van der Waals surface area contributed by atoms with E-state index in [-0.39, 0.29) is 5.75 Å². The van der Waals surface area contributed by atoms with E-state index in [2.05, 4.69) is 4.18 Å². The van der Waals surface area contributed by atoms with Gasteiger partial charge in [0.05, 0.1) is 18.6 Å². The molecule has 1 aromatic carbocycles. The molecule has 0 heterocycles. The Labute approximate surface area is 130 Å². The summed E-state index contributed by atoms with van der Waals surface area (Å²) in [7, 11) is 3.42. The lowest BCUT2D eigenvalue weighted by Crippen LogP contribution is -2.22. The van der Waals surface area contributed by atoms with E-state index >= 15 is 0 Å². The number of rotatable bonds is 8. The van der Waals surface area contributed by atoms with Crippen LogP contribution in [0.15, 0.2) is 18.2 Å². The summed E-state index contributed by atoms with van der Waals surface area (Å²) in [6.45, 7) is 0.999. The molecule has 4 nitrogen and oxygen atoms in total. The molecule has 1 rings (SSSR count). The first-order valence-corrected chi connectivity index (χ1v) is 7.91. The molecular weight excluding hydrogens is 319 g/mol. The number of ether oxygens (including phenoxy) is 1. The Balaban J connectivity index is 2.45. The third kappa shape index (κ3) is 6.65. The van der Waals surface area contributed by atoms with Crippen molar-refractivity contribution in [1.29, 1.82) is 0 Å². The Morgan fingerprint density at radius 3 is 2.59 bits per heavy atom. The molecule has 126 valence electrons. The molecule has 0 N–H and O–H groups in total. The van der Waals surface area contributed by atoms with Crippen molar-refractivity contribution in [1.82, 2.24) is 0 Å². The van der Waals surface area contributed by atoms with Gasteiger partial charge in [0.15, 0.2) is 17.7 Å². The monoisotopic (exact) mass is 339 g/mol. The highest BCUT2D eigenvalue weighted by molar-refractivity contribution is 7.80. The van der Waals surface area contributed by atoms with Crippen molar-refractivity contribution in [3.05, 3.63) is 23.8 Å². The second kappa shape index (κ2) is 8.38. The second-order valence-electron chi connectivity index (χ2n) is 4.84. The fourth-order valence-electron chi connectivity index (χ4n) is 1.83. The molecule has 0 aliphatic carbocycles. The predicted molar refractivity (Wildman–Crippen MR) is 80.6 cm³/mol. The van der Waals surface area contributed by atoms with Gasteiger partial charge < -0.3 is 9.64 Å². The summed E-state index contributed by atoms with van der Waals surface area (Å²) < 4.78 is 56.6. The van der Waals surface area contributed by atoms with E-state index in [1.807, 2.05) is 37.1 Å². The molecule has 22 heavy (non-hydrogen) atoms. The van der Waals surface area contributed by atoms with E-state index in [1.54, 1.807) is 7.11 Å². The second-order valence-corrected chi connectivity index (χ2v) is 6.09. The van der Waals surface area contributed by atoms with Gasteiger partial charge in [-0.15, -0.1) is 0 Å². The lowest BCUT2D eigenvalue weighted by atomic mass is 10.2. The highest BCUT2D eigenvalue weighted by Gasteiger charge is 2.28. The van der Waals surface area contributed by atoms with Crippen LogP contribution in [0.1, 0.15) is 12.0 Å². The molecule has 0 saturated heterocycles. The third-order valence-electron chi connectivity index (χ3n) is 2.90. The number of alkyl halides is 3. The van der Waals surface area contributed by atoms with E-state index in [0.29, 0.717) is 18.7 Å². The lowest BCUT2D eigenvalue weighted by Gasteiger charge is -2.22. The van der Waals surface area contributed by atoms with Crippen LogP contribution in [-0.2, 0) is 15.3 Å². The van der Waals surface area contributed by atoms with Crippen molar-refractivity contribution >= 4 is 16.8 Å². The number of hydrogen-bond acceptors (Lipinski definition) is 4. The largest absolute Gasteiger partial charge is 0.495 e. The van der Waals surface area contributed by atoms with Gasteiger partial charge in [-0.1, -0.05) is 6.07 Å². The van der Waals surface area contributed by atoms with Crippen LogP contribution in [0.4, 0.5) is 18.9 Å². The zero-order valence-electron chi connectivity index (χ0n) is 12.8. The van der Waals surface area contributed by atoms with E-state index in [4.69, 9.17) is 4.74 Å². The van der Waals surface area contributed by atoms with Gasteiger partial charge in [-0.2, -0.15) is 13.2 Å². The Hall–Kier alpha value is -1.28. The Kier molecular flexibility index (Phi) is 7.15. The molecule has 1 unspecified atom stereocenters. The van der Waals surface area contributed by atoms with Gasteiger partial charge in [0, 0.05) is 13.6 Å². The normalized spacial score (nSPS) is 13.0. The summed E-state index contributed by atoms with van der Waals surface area (Å²) in [6.07, 6.45) is -4.01. The topological polar surface area (TPSA) is 38.8 Å². The molecule has 0 aliphatic heterocycles. The highest BCUT2D eigenvalue weighted by Crippen LogP contribution is 2.28. The fourth-order valence-corrected chi connectivity index (χ4v) is 2.58.